The van der Waals surface area contributed by atoms with Gasteiger partial charge in [-0.15, -0.1) is 0 Å². The van der Waals surface area contributed by atoms with Crippen LogP contribution >= 0.6 is 0 Å². The molecule has 0 amide bonds. The van der Waals surface area contributed by atoms with Crippen molar-refractivity contribution in [1.29, 1.82) is 0 Å². The summed E-state index contributed by atoms with van der Waals surface area (Å²) in [5.41, 5.74) is 5.17. The van der Waals surface area contributed by atoms with Gasteiger partial charge in [-0.1, -0.05) is 36.4 Å². The predicted octanol–water partition coefficient (Wildman–Crippen LogP) is 4.00. The number of fused-ring (bicyclic) bond motifs is 2. The van der Waals surface area contributed by atoms with E-state index in [0.717, 1.165) is 0 Å². The highest BCUT2D eigenvalue weighted by molar-refractivity contribution is 5.41. The molecule has 0 heterocycles. The summed E-state index contributed by atoms with van der Waals surface area (Å²) < 4.78 is 0. The molecule has 78 valence electrons. The first-order valence-corrected chi connectivity index (χ1v) is 6.05. The Balaban J connectivity index is 2.04. The lowest BCUT2D eigenvalue weighted by molar-refractivity contribution is 0.341. The van der Waals surface area contributed by atoms with Gasteiger partial charge in [-0.05, 0) is 55.1 Å². The zero-order valence-electron chi connectivity index (χ0n) is 9.26. The Morgan fingerprint density at radius 3 is 2.80 bits per heavy atom. The molecule has 0 radical (unpaired) electrons. The molecule has 0 saturated heterocycles. The topological polar surface area (TPSA) is 0 Å². The summed E-state index contributed by atoms with van der Waals surface area (Å²) in [4.78, 5) is 0. The third-order valence-corrected chi connectivity index (χ3v) is 4.24. The van der Waals surface area contributed by atoms with Gasteiger partial charge >= 0.3 is 0 Å². The molecule has 0 heteroatoms. The molecule has 1 fully saturated rings. The van der Waals surface area contributed by atoms with Gasteiger partial charge in [0.1, 0.15) is 0 Å². The van der Waals surface area contributed by atoms with Crippen LogP contribution < -0.4 is 0 Å². The standard InChI is InChI=1S/C15H18/c1-12-5-4-9-15(11-12)10-8-13-6-2-3-7-14(13)15/h2-3,6-7H,1,4-5,8-11H2. The van der Waals surface area contributed by atoms with Gasteiger partial charge in [0.25, 0.3) is 0 Å². The summed E-state index contributed by atoms with van der Waals surface area (Å²) in [6, 6.07) is 9.03. The van der Waals surface area contributed by atoms with Gasteiger partial charge in [-0.25, -0.2) is 0 Å². The van der Waals surface area contributed by atoms with Crippen LogP contribution in [0.5, 0.6) is 0 Å². The van der Waals surface area contributed by atoms with Crippen molar-refractivity contribution >= 4 is 0 Å². The Morgan fingerprint density at radius 1 is 1.07 bits per heavy atom. The second-order valence-corrected chi connectivity index (χ2v) is 5.22. The van der Waals surface area contributed by atoms with Gasteiger partial charge in [0.2, 0.25) is 0 Å². The summed E-state index contributed by atoms with van der Waals surface area (Å²) >= 11 is 0. The molecule has 0 aromatic heterocycles. The quantitative estimate of drug-likeness (QED) is 0.553. The summed E-state index contributed by atoms with van der Waals surface area (Å²) in [7, 11) is 0. The van der Waals surface area contributed by atoms with Crippen molar-refractivity contribution in [3.8, 4) is 0 Å². The maximum Gasteiger partial charge on any atom is -0.000399 e. The molecule has 1 saturated carbocycles. The van der Waals surface area contributed by atoms with Crippen LogP contribution in [0.15, 0.2) is 36.4 Å². The van der Waals surface area contributed by atoms with Crippen LogP contribution in [-0.2, 0) is 11.8 Å². The fourth-order valence-electron chi connectivity index (χ4n) is 3.54. The first-order valence-electron chi connectivity index (χ1n) is 6.05. The first-order chi connectivity index (χ1) is 7.30. The minimum Gasteiger partial charge on any atom is -0.0998 e. The Labute approximate surface area is 92.0 Å². The molecule has 1 aromatic rings. The van der Waals surface area contributed by atoms with Crippen molar-refractivity contribution in [1.82, 2.24) is 0 Å². The SMILES string of the molecule is C=C1CCCC2(CCc3ccccc32)C1. The summed E-state index contributed by atoms with van der Waals surface area (Å²) in [5.74, 6) is 0. The van der Waals surface area contributed by atoms with Gasteiger partial charge in [0.05, 0.1) is 0 Å². The Kier molecular flexibility index (Phi) is 1.98. The monoisotopic (exact) mass is 198 g/mol. The summed E-state index contributed by atoms with van der Waals surface area (Å²) in [6.07, 6.45) is 7.85. The fraction of sp³-hybridized carbons (Fsp3) is 0.467. The van der Waals surface area contributed by atoms with E-state index in [4.69, 9.17) is 0 Å². The van der Waals surface area contributed by atoms with Crippen LogP contribution in [0.1, 0.15) is 43.2 Å². The molecule has 15 heavy (non-hydrogen) atoms. The van der Waals surface area contributed by atoms with Gasteiger partial charge in [-0.3, -0.25) is 0 Å². The van der Waals surface area contributed by atoms with Gasteiger partial charge in [-0.2, -0.15) is 0 Å². The number of hydrogen-bond acceptors (Lipinski definition) is 0. The van der Waals surface area contributed by atoms with E-state index in [0.29, 0.717) is 5.41 Å². The van der Waals surface area contributed by atoms with E-state index >= 15 is 0 Å². The average Bonchev–Trinajstić information content (AvgIpc) is 2.59. The number of hydrogen-bond donors (Lipinski definition) is 0. The third-order valence-electron chi connectivity index (χ3n) is 4.24. The lowest BCUT2D eigenvalue weighted by atomic mass is 9.69. The lowest BCUT2D eigenvalue weighted by Crippen LogP contribution is -2.26. The fourth-order valence-corrected chi connectivity index (χ4v) is 3.54. The van der Waals surface area contributed by atoms with E-state index in [1.165, 1.54) is 44.1 Å². The smallest absolute Gasteiger partial charge is 0.000399 e. The Hall–Kier alpha value is -1.04. The zero-order chi connectivity index (χ0) is 10.3. The van der Waals surface area contributed by atoms with E-state index in [9.17, 15) is 0 Å². The van der Waals surface area contributed by atoms with Crippen molar-refractivity contribution in [3.63, 3.8) is 0 Å². The van der Waals surface area contributed by atoms with Gasteiger partial charge in [0, 0.05) is 0 Å². The maximum absolute atomic E-state index is 4.21. The van der Waals surface area contributed by atoms with E-state index in [1.807, 2.05) is 0 Å². The molecule has 1 unspecified atom stereocenters. The van der Waals surface area contributed by atoms with Crippen LogP contribution in [0.25, 0.3) is 0 Å². The summed E-state index contributed by atoms with van der Waals surface area (Å²) in [6.45, 7) is 4.21. The molecule has 1 aromatic carbocycles. The number of aryl methyl sites for hydroxylation is 1. The molecule has 1 spiro atoms. The van der Waals surface area contributed by atoms with Crippen molar-refractivity contribution in [3.05, 3.63) is 47.5 Å². The van der Waals surface area contributed by atoms with Crippen molar-refractivity contribution < 1.29 is 0 Å². The molecule has 2 aliphatic carbocycles. The highest BCUT2D eigenvalue weighted by Crippen LogP contribution is 2.49. The maximum atomic E-state index is 4.21. The normalized spacial score (nSPS) is 29.5. The van der Waals surface area contributed by atoms with E-state index in [1.54, 1.807) is 11.1 Å². The number of rotatable bonds is 0. The van der Waals surface area contributed by atoms with Crippen molar-refractivity contribution in [2.24, 2.45) is 0 Å². The van der Waals surface area contributed by atoms with Crippen LogP contribution in [0.3, 0.4) is 0 Å². The van der Waals surface area contributed by atoms with Crippen LogP contribution in [0, 0.1) is 0 Å². The average molecular weight is 198 g/mol. The van der Waals surface area contributed by atoms with E-state index in [2.05, 4.69) is 30.8 Å². The van der Waals surface area contributed by atoms with Gasteiger partial charge in [0.15, 0.2) is 0 Å². The highest BCUT2D eigenvalue weighted by atomic mass is 14.4. The first kappa shape index (κ1) is 9.21. The predicted molar refractivity (Wildman–Crippen MR) is 64.0 cm³/mol. The summed E-state index contributed by atoms with van der Waals surface area (Å²) in [5, 5.41) is 0. The highest BCUT2D eigenvalue weighted by Gasteiger charge is 2.39. The van der Waals surface area contributed by atoms with E-state index < -0.39 is 0 Å². The molecule has 3 rings (SSSR count). The van der Waals surface area contributed by atoms with Crippen LogP contribution in [-0.4, -0.2) is 0 Å². The largest absolute Gasteiger partial charge is 0.0998 e. The molecule has 1 atom stereocenters. The Bertz CT molecular complexity index is 398. The lowest BCUT2D eigenvalue weighted by Gasteiger charge is -2.35. The van der Waals surface area contributed by atoms with Gasteiger partial charge < -0.3 is 0 Å². The number of benzene rings is 1. The second-order valence-electron chi connectivity index (χ2n) is 5.22. The molecule has 0 nitrogen and oxygen atoms in total. The number of allylic oxidation sites excluding steroid dienone is 1. The molecular weight excluding hydrogens is 180 g/mol. The third kappa shape index (κ3) is 1.35. The second kappa shape index (κ2) is 3.23. The van der Waals surface area contributed by atoms with Crippen LogP contribution in [0.2, 0.25) is 0 Å². The Morgan fingerprint density at radius 2 is 1.93 bits per heavy atom. The minimum atomic E-state index is 0.478. The van der Waals surface area contributed by atoms with Crippen molar-refractivity contribution in [2.75, 3.05) is 0 Å². The van der Waals surface area contributed by atoms with E-state index in [-0.39, 0.29) is 0 Å². The molecule has 0 bridgehead atoms. The van der Waals surface area contributed by atoms with Crippen molar-refractivity contribution in [2.45, 2.75) is 43.9 Å². The minimum absolute atomic E-state index is 0.478. The van der Waals surface area contributed by atoms with Crippen LogP contribution in [0.4, 0.5) is 0 Å². The molecule has 0 N–H and O–H groups in total. The molecule has 2 aliphatic rings. The molecule has 0 aliphatic heterocycles. The molecular formula is C15H18. The zero-order valence-corrected chi connectivity index (χ0v) is 9.26.